The quantitative estimate of drug-likeness (QED) is 0.870. The van der Waals surface area contributed by atoms with Crippen molar-refractivity contribution in [1.82, 2.24) is 10.2 Å². The maximum atomic E-state index is 12.5. The molecule has 1 aliphatic rings. The Kier molecular flexibility index (Phi) is 5.96. The fourth-order valence-electron chi connectivity index (χ4n) is 3.13. The van der Waals surface area contributed by atoms with E-state index in [0.29, 0.717) is 24.3 Å². The maximum absolute atomic E-state index is 12.5. The summed E-state index contributed by atoms with van der Waals surface area (Å²) in [6, 6.07) is 14.7. The number of benzene rings is 2. The number of anilines is 1. The van der Waals surface area contributed by atoms with Gasteiger partial charge < -0.3 is 20.3 Å². The van der Waals surface area contributed by atoms with Gasteiger partial charge in [-0.05, 0) is 36.8 Å². The number of hydrogen-bond acceptors (Lipinski definition) is 3. The minimum atomic E-state index is -0.180. The molecule has 0 spiro atoms. The van der Waals surface area contributed by atoms with Crippen molar-refractivity contribution in [3.8, 4) is 5.75 Å². The van der Waals surface area contributed by atoms with Crippen molar-refractivity contribution in [2.75, 3.05) is 25.5 Å². The Morgan fingerprint density at radius 1 is 1.07 bits per heavy atom. The summed E-state index contributed by atoms with van der Waals surface area (Å²) < 4.78 is 6.08. The first-order valence-electron chi connectivity index (χ1n) is 9.17. The number of amides is 3. The third-order valence-corrected chi connectivity index (χ3v) is 4.72. The Morgan fingerprint density at radius 2 is 1.81 bits per heavy atom. The molecule has 1 aliphatic heterocycles. The van der Waals surface area contributed by atoms with Gasteiger partial charge in [0.2, 0.25) is 0 Å². The zero-order valence-electron chi connectivity index (χ0n) is 15.7. The summed E-state index contributed by atoms with van der Waals surface area (Å²) in [6.45, 7) is 3.31. The Bertz CT molecular complexity index is 814. The molecule has 6 nitrogen and oxygen atoms in total. The van der Waals surface area contributed by atoms with Gasteiger partial charge in [0.05, 0.1) is 0 Å². The van der Waals surface area contributed by atoms with Crippen LogP contribution in [0, 0.1) is 6.92 Å². The smallest absolute Gasteiger partial charge is 0.321 e. The van der Waals surface area contributed by atoms with Crippen LogP contribution in [0.3, 0.4) is 0 Å². The van der Waals surface area contributed by atoms with E-state index in [4.69, 9.17) is 4.74 Å². The second-order valence-electron chi connectivity index (χ2n) is 6.66. The number of para-hydroxylation sites is 1. The fourth-order valence-corrected chi connectivity index (χ4v) is 3.13. The SMILES string of the molecule is CNC(=O)c1cccc(NC(=O)N2CCC(Oc3ccccc3C)CC2)c1. The van der Waals surface area contributed by atoms with Crippen LogP contribution in [-0.2, 0) is 0 Å². The predicted octanol–water partition coefficient (Wildman–Crippen LogP) is 3.43. The maximum Gasteiger partial charge on any atom is 0.321 e. The Balaban J connectivity index is 1.53. The topological polar surface area (TPSA) is 70.7 Å². The third kappa shape index (κ3) is 4.78. The highest BCUT2D eigenvalue weighted by Crippen LogP contribution is 2.22. The van der Waals surface area contributed by atoms with E-state index in [1.807, 2.05) is 31.2 Å². The minimum Gasteiger partial charge on any atom is -0.490 e. The Labute approximate surface area is 159 Å². The number of ether oxygens (including phenoxy) is 1. The molecule has 1 heterocycles. The van der Waals surface area contributed by atoms with Crippen molar-refractivity contribution in [2.24, 2.45) is 0 Å². The van der Waals surface area contributed by atoms with Crippen LogP contribution < -0.4 is 15.4 Å². The molecule has 0 aromatic heterocycles. The van der Waals surface area contributed by atoms with Crippen molar-refractivity contribution in [3.63, 3.8) is 0 Å². The molecule has 3 rings (SSSR count). The van der Waals surface area contributed by atoms with Gasteiger partial charge in [-0.15, -0.1) is 0 Å². The van der Waals surface area contributed by atoms with Crippen LogP contribution in [0.5, 0.6) is 5.75 Å². The molecule has 0 aliphatic carbocycles. The largest absolute Gasteiger partial charge is 0.490 e. The van der Waals surface area contributed by atoms with Gasteiger partial charge in [0, 0.05) is 44.2 Å². The van der Waals surface area contributed by atoms with Crippen LogP contribution in [0.1, 0.15) is 28.8 Å². The van der Waals surface area contributed by atoms with E-state index in [1.165, 1.54) is 0 Å². The van der Waals surface area contributed by atoms with Gasteiger partial charge in [-0.2, -0.15) is 0 Å². The second-order valence-corrected chi connectivity index (χ2v) is 6.66. The van der Waals surface area contributed by atoms with E-state index in [1.54, 1.807) is 36.2 Å². The van der Waals surface area contributed by atoms with Crippen molar-refractivity contribution < 1.29 is 14.3 Å². The molecule has 27 heavy (non-hydrogen) atoms. The summed E-state index contributed by atoms with van der Waals surface area (Å²) in [7, 11) is 1.58. The normalized spacial score (nSPS) is 14.5. The number of piperidine rings is 1. The lowest BCUT2D eigenvalue weighted by molar-refractivity contribution is 0.0963. The summed E-state index contributed by atoms with van der Waals surface area (Å²) in [5.74, 6) is 0.728. The van der Waals surface area contributed by atoms with Crippen molar-refractivity contribution >= 4 is 17.6 Å². The molecule has 0 radical (unpaired) electrons. The summed E-state index contributed by atoms with van der Waals surface area (Å²) >= 11 is 0. The van der Waals surface area contributed by atoms with E-state index in [0.717, 1.165) is 24.2 Å². The first kappa shape index (κ1) is 18.8. The summed E-state index contributed by atoms with van der Waals surface area (Å²) in [4.78, 5) is 26.0. The van der Waals surface area contributed by atoms with Gasteiger partial charge >= 0.3 is 6.03 Å². The van der Waals surface area contributed by atoms with Crippen molar-refractivity contribution in [2.45, 2.75) is 25.9 Å². The third-order valence-electron chi connectivity index (χ3n) is 4.72. The van der Waals surface area contributed by atoms with Gasteiger partial charge in [0.25, 0.3) is 5.91 Å². The van der Waals surface area contributed by atoms with Crippen LogP contribution in [0.2, 0.25) is 0 Å². The molecule has 2 aromatic carbocycles. The molecule has 0 saturated carbocycles. The summed E-state index contributed by atoms with van der Waals surface area (Å²) in [5.41, 5.74) is 2.24. The monoisotopic (exact) mass is 367 g/mol. The zero-order chi connectivity index (χ0) is 19.2. The van der Waals surface area contributed by atoms with Crippen molar-refractivity contribution in [3.05, 3.63) is 59.7 Å². The molecule has 142 valence electrons. The molecule has 1 saturated heterocycles. The van der Waals surface area contributed by atoms with Crippen LogP contribution in [0.25, 0.3) is 0 Å². The van der Waals surface area contributed by atoms with Crippen LogP contribution in [0.4, 0.5) is 10.5 Å². The fraction of sp³-hybridized carbons (Fsp3) is 0.333. The van der Waals surface area contributed by atoms with Gasteiger partial charge in [-0.25, -0.2) is 4.79 Å². The highest BCUT2D eigenvalue weighted by molar-refractivity contribution is 5.96. The lowest BCUT2D eigenvalue weighted by Crippen LogP contribution is -2.43. The molecule has 2 N–H and O–H groups in total. The molecule has 0 bridgehead atoms. The summed E-state index contributed by atoms with van der Waals surface area (Å²) in [6.07, 6.45) is 1.70. The molecule has 0 unspecified atom stereocenters. The van der Waals surface area contributed by atoms with Gasteiger partial charge in [0.15, 0.2) is 0 Å². The number of carbonyl (C=O) groups is 2. The zero-order valence-corrected chi connectivity index (χ0v) is 15.7. The van der Waals surface area contributed by atoms with E-state index in [-0.39, 0.29) is 18.0 Å². The van der Waals surface area contributed by atoms with Gasteiger partial charge in [-0.3, -0.25) is 4.79 Å². The molecule has 6 heteroatoms. The number of hydrogen-bond donors (Lipinski definition) is 2. The van der Waals surface area contributed by atoms with E-state index >= 15 is 0 Å². The number of carbonyl (C=O) groups excluding carboxylic acids is 2. The van der Waals surface area contributed by atoms with E-state index in [2.05, 4.69) is 10.6 Å². The molecule has 2 aromatic rings. The number of likely N-dealkylation sites (tertiary alicyclic amines) is 1. The first-order valence-corrected chi connectivity index (χ1v) is 9.17. The molecular weight excluding hydrogens is 342 g/mol. The highest BCUT2D eigenvalue weighted by atomic mass is 16.5. The van der Waals surface area contributed by atoms with Crippen LogP contribution in [0.15, 0.2) is 48.5 Å². The van der Waals surface area contributed by atoms with Crippen molar-refractivity contribution in [1.29, 1.82) is 0 Å². The minimum absolute atomic E-state index is 0.117. The van der Waals surface area contributed by atoms with Crippen LogP contribution >= 0.6 is 0 Å². The van der Waals surface area contributed by atoms with Crippen LogP contribution in [-0.4, -0.2) is 43.1 Å². The average Bonchev–Trinajstić information content (AvgIpc) is 2.70. The molecule has 0 atom stereocenters. The predicted molar refractivity (Wildman–Crippen MR) is 105 cm³/mol. The Morgan fingerprint density at radius 3 is 2.52 bits per heavy atom. The number of rotatable bonds is 4. The highest BCUT2D eigenvalue weighted by Gasteiger charge is 2.24. The number of aryl methyl sites for hydroxylation is 1. The number of urea groups is 1. The van der Waals surface area contributed by atoms with Gasteiger partial charge in [-0.1, -0.05) is 24.3 Å². The van der Waals surface area contributed by atoms with Gasteiger partial charge in [0.1, 0.15) is 11.9 Å². The standard InChI is InChI=1S/C21H25N3O3/c1-15-6-3-4-9-19(15)27-18-10-12-24(13-11-18)21(26)23-17-8-5-7-16(14-17)20(25)22-2/h3-9,14,18H,10-13H2,1-2H3,(H,22,25)(H,23,26). The second kappa shape index (κ2) is 8.58. The lowest BCUT2D eigenvalue weighted by atomic mass is 10.1. The molecule has 3 amide bonds. The average molecular weight is 367 g/mol. The first-order chi connectivity index (χ1) is 13.1. The molecule has 1 fully saturated rings. The van der Waals surface area contributed by atoms with E-state index in [9.17, 15) is 9.59 Å². The lowest BCUT2D eigenvalue weighted by Gasteiger charge is -2.32. The Hall–Kier alpha value is -3.02. The van der Waals surface area contributed by atoms with E-state index < -0.39 is 0 Å². The molecular formula is C21H25N3O3. The number of nitrogens with zero attached hydrogens (tertiary/aromatic N) is 1. The summed E-state index contributed by atoms with van der Waals surface area (Å²) in [5, 5.41) is 5.45. The number of nitrogens with one attached hydrogen (secondary N) is 2.